The third-order valence-electron chi connectivity index (χ3n) is 2.36. The van der Waals surface area contributed by atoms with Crippen molar-refractivity contribution in [3.05, 3.63) is 45.8 Å². The molecule has 0 aromatic heterocycles. The van der Waals surface area contributed by atoms with E-state index in [4.69, 9.17) is 10.3 Å². The molecule has 2 rings (SSSR count). The maximum absolute atomic E-state index is 12.9. The van der Waals surface area contributed by atoms with Crippen LogP contribution in [0.5, 0.6) is 0 Å². The van der Waals surface area contributed by atoms with Crippen molar-refractivity contribution in [1.29, 1.82) is 0 Å². The molecule has 1 aromatic rings. The van der Waals surface area contributed by atoms with Crippen molar-refractivity contribution in [2.75, 3.05) is 6.61 Å². The lowest BCUT2D eigenvalue weighted by molar-refractivity contribution is 0.371. The molecule has 16 heavy (non-hydrogen) atoms. The minimum absolute atomic E-state index is 0.123. The van der Waals surface area contributed by atoms with Crippen molar-refractivity contribution >= 4 is 0 Å². The highest BCUT2D eigenvalue weighted by atomic mass is 19.1. The van der Waals surface area contributed by atoms with Crippen LogP contribution < -0.4 is 0 Å². The summed E-state index contributed by atoms with van der Waals surface area (Å²) in [6, 6.07) is 2.86. The molecule has 1 aliphatic heterocycles. The highest BCUT2D eigenvalue weighted by Crippen LogP contribution is 2.21. The zero-order valence-corrected chi connectivity index (χ0v) is 8.31. The van der Waals surface area contributed by atoms with Gasteiger partial charge in [0.25, 0.3) is 0 Å². The first-order chi connectivity index (χ1) is 7.69. The van der Waals surface area contributed by atoms with Gasteiger partial charge in [0.05, 0.1) is 18.8 Å². The largest absolute Gasteiger partial charge is 0.373 e. The molecule has 0 N–H and O–H groups in total. The van der Waals surface area contributed by atoms with E-state index >= 15 is 0 Å². The van der Waals surface area contributed by atoms with Crippen molar-refractivity contribution < 1.29 is 13.5 Å². The Kier molecular flexibility index (Phi) is 3.03. The SMILES string of the molecule is [N-]=[N+]=N[C@@H](Cc1cc(F)cc(F)c1)[C@H]1CO1. The highest BCUT2D eigenvalue weighted by Gasteiger charge is 2.32. The number of epoxide rings is 1. The first-order valence-corrected chi connectivity index (χ1v) is 4.80. The van der Waals surface area contributed by atoms with Gasteiger partial charge in [0.2, 0.25) is 0 Å². The van der Waals surface area contributed by atoms with Crippen LogP contribution in [-0.4, -0.2) is 18.8 Å². The van der Waals surface area contributed by atoms with Crippen molar-refractivity contribution in [2.24, 2.45) is 5.11 Å². The second-order valence-corrected chi connectivity index (χ2v) is 3.63. The summed E-state index contributed by atoms with van der Waals surface area (Å²) < 4.78 is 30.8. The summed E-state index contributed by atoms with van der Waals surface area (Å²) in [6.07, 6.45) is 0.158. The first-order valence-electron chi connectivity index (χ1n) is 4.80. The number of nitrogens with zero attached hydrogens (tertiary/aromatic N) is 3. The minimum Gasteiger partial charge on any atom is -0.373 e. The number of azide groups is 1. The molecule has 1 fully saturated rings. The Balaban J connectivity index is 2.14. The number of ether oxygens (including phenoxy) is 1. The lowest BCUT2D eigenvalue weighted by atomic mass is 10.0. The smallest absolute Gasteiger partial charge is 0.126 e. The lowest BCUT2D eigenvalue weighted by Crippen LogP contribution is -2.15. The van der Waals surface area contributed by atoms with Gasteiger partial charge in [-0.25, -0.2) is 8.78 Å². The van der Waals surface area contributed by atoms with Crippen LogP contribution >= 0.6 is 0 Å². The summed E-state index contributed by atoms with van der Waals surface area (Å²) in [5, 5.41) is 3.55. The highest BCUT2D eigenvalue weighted by molar-refractivity contribution is 5.19. The second-order valence-electron chi connectivity index (χ2n) is 3.63. The van der Waals surface area contributed by atoms with Crippen LogP contribution in [0.15, 0.2) is 23.3 Å². The van der Waals surface area contributed by atoms with Gasteiger partial charge in [-0.15, -0.1) is 0 Å². The van der Waals surface area contributed by atoms with Crippen LogP contribution in [0.25, 0.3) is 10.4 Å². The molecule has 2 atom stereocenters. The van der Waals surface area contributed by atoms with Crippen LogP contribution in [0, 0.1) is 11.6 Å². The number of benzene rings is 1. The Bertz CT molecular complexity index is 421. The average Bonchev–Trinajstić information content (AvgIpc) is 2.98. The number of halogens is 2. The fourth-order valence-electron chi connectivity index (χ4n) is 1.56. The molecule has 0 saturated carbocycles. The topological polar surface area (TPSA) is 61.3 Å². The van der Waals surface area contributed by atoms with E-state index < -0.39 is 17.7 Å². The van der Waals surface area contributed by atoms with E-state index in [0.717, 1.165) is 6.07 Å². The minimum atomic E-state index is -0.633. The van der Waals surface area contributed by atoms with Gasteiger partial charge >= 0.3 is 0 Å². The molecular weight excluding hydrogens is 216 g/mol. The van der Waals surface area contributed by atoms with E-state index in [1.807, 2.05) is 0 Å². The van der Waals surface area contributed by atoms with E-state index in [0.29, 0.717) is 12.2 Å². The Labute approximate surface area is 90.5 Å². The maximum Gasteiger partial charge on any atom is 0.126 e. The molecule has 1 saturated heterocycles. The third kappa shape index (κ3) is 2.68. The van der Waals surface area contributed by atoms with Gasteiger partial charge in [0, 0.05) is 11.0 Å². The molecule has 0 radical (unpaired) electrons. The van der Waals surface area contributed by atoms with Crippen LogP contribution in [0.2, 0.25) is 0 Å². The van der Waals surface area contributed by atoms with Crippen molar-refractivity contribution in [3.63, 3.8) is 0 Å². The normalized spacial score (nSPS) is 20.0. The summed E-state index contributed by atoms with van der Waals surface area (Å²) in [6.45, 7) is 0.529. The maximum atomic E-state index is 12.9. The second kappa shape index (κ2) is 4.47. The van der Waals surface area contributed by atoms with Gasteiger partial charge in [-0.05, 0) is 29.6 Å². The summed E-state index contributed by atoms with van der Waals surface area (Å²) in [5.74, 6) is -1.27. The van der Waals surface area contributed by atoms with E-state index in [2.05, 4.69) is 10.0 Å². The van der Waals surface area contributed by atoms with E-state index in [1.54, 1.807) is 0 Å². The quantitative estimate of drug-likeness (QED) is 0.336. The Hall–Kier alpha value is -1.65. The summed E-state index contributed by atoms with van der Waals surface area (Å²) in [7, 11) is 0. The first kappa shape index (κ1) is 10.9. The number of hydrogen-bond donors (Lipinski definition) is 0. The fourth-order valence-corrected chi connectivity index (χ4v) is 1.56. The fraction of sp³-hybridized carbons (Fsp3) is 0.400. The van der Waals surface area contributed by atoms with Gasteiger partial charge in [-0.3, -0.25) is 0 Å². The molecule has 0 aliphatic carbocycles. The van der Waals surface area contributed by atoms with Gasteiger partial charge in [-0.2, -0.15) is 0 Å². The predicted molar refractivity (Wildman–Crippen MR) is 52.7 cm³/mol. The number of rotatable bonds is 4. The number of hydrogen-bond acceptors (Lipinski definition) is 2. The molecule has 0 unspecified atom stereocenters. The average molecular weight is 225 g/mol. The van der Waals surface area contributed by atoms with Gasteiger partial charge < -0.3 is 4.74 Å². The van der Waals surface area contributed by atoms with Crippen molar-refractivity contribution in [1.82, 2.24) is 0 Å². The molecule has 6 heteroatoms. The Morgan fingerprint density at radius 3 is 2.56 bits per heavy atom. The standard InChI is InChI=1S/C10H9F2N3O/c11-7-1-6(2-8(12)4-7)3-9(14-15-13)10-5-16-10/h1-2,4,9-10H,3,5H2/t9-,10+/m0/s1. The molecule has 4 nitrogen and oxygen atoms in total. The molecule has 1 aliphatic rings. The van der Waals surface area contributed by atoms with Crippen molar-refractivity contribution in [3.8, 4) is 0 Å². The van der Waals surface area contributed by atoms with Crippen LogP contribution in [0.1, 0.15) is 5.56 Å². The monoisotopic (exact) mass is 225 g/mol. The molecule has 0 amide bonds. The Morgan fingerprint density at radius 1 is 1.44 bits per heavy atom. The van der Waals surface area contributed by atoms with Gasteiger partial charge in [0.15, 0.2) is 0 Å². The molecular formula is C10H9F2N3O. The summed E-state index contributed by atoms with van der Waals surface area (Å²) in [5.41, 5.74) is 8.82. The van der Waals surface area contributed by atoms with Gasteiger partial charge in [0.1, 0.15) is 11.6 Å². The van der Waals surface area contributed by atoms with Crippen LogP contribution in [0.4, 0.5) is 8.78 Å². The van der Waals surface area contributed by atoms with E-state index in [-0.39, 0.29) is 12.5 Å². The van der Waals surface area contributed by atoms with Crippen LogP contribution in [-0.2, 0) is 11.2 Å². The molecule has 84 valence electrons. The van der Waals surface area contributed by atoms with Crippen molar-refractivity contribution in [2.45, 2.75) is 18.6 Å². The predicted octanol–water partition coefficient (Wildman–Crippen LogP) is 2.59. The molecule has 0 spiro atoms. The summed E-state index contributed by atoms with van der Waals surface area (Å²) in [4.78, 5) is 2.70. The lowest BCUT2D eigenvalue weighted by Gasteiger charge is -2.07. The molecule has 1 heterocycles. The Morgan fingerprint density at radius 2 is 2.06 bits per heavy atom. The zero-order valence-electron chi connectivity index (χ0n) is 8.31. The summed E-state index contributed by atoms with van der Waals surface area (Å²) >= 11 is 0. The van der Waals surface area contributed by atoms with E-state index in [9.17, 15) is 8.78 Å². The van der Waals surface area contributed by atoms with Gasteiger partial charge in [-0.1, -0.05) is 5.11 Å². The molecule has 0 bridgehead atoms. The third-order valence-corrected chi connectivity index (χ3v) is 2.36. The molecule has 1 aromatic carbocycles. The van der Waals surface area contributed by atoms with Crippen LogP contribution in [0.3, 0.4) is 0 Å². The zero-order chi connectivity index (χ0) is 11.5. The van der Waals surface area contributed by atoms with E-state index in [1.165, 1.54) is 12.1 Å².